The van der Waals surface area contributed by atoms with Crippen LogP contribution in [-0.2, 0) is 4.74 Å². The van der Waals surface area contributed by atoms with Crippen molar-refractivity contribution in [1.29, 1.82) is 0 Å². The van der Waals surface area contributed by atoms with E-state index in [2.05, 4.69) is 20.9 Å². The van der Waals surface area contributed by atoms with Crippen LogP contribution in [-0.4, -0.2) is 23.5 Å². The van der Waals surface area contributed by atoms with Crippen LogP contribution in [0.2, 0.25) is 0 Å². The molecule has 0 aliphatic heterocycles. The van der Waals surface area contributed by atoms with Gasteiger partial charge in [-0.25, -0.2) is 9.59 Å². The Labute approximate surface area is 130 Å². The minimum Gasteiger partial charge on any atom is -0.462 e. The third-order valence-corrected chi connectivity index (χ3v) is 2.95. The second-order valence-electron chi connectivity index (χ2n) is 4.03. The number of carbonyl (C=O) groups is 2. The first kappa shape index (κ1) is 15.2. The molecule has 2 aromatic rings. The van der Waals surface area contributed by atoms with Crippen LogP contribution in [0.1, 0.15) is 27.6 Å². The van der Waals surface area contributed by atoms with Gasteiger partial charge in [0, 0.05) is 16.9 Å². The van der Waals surface area contributed by atoms with E-state index in [0.29, 0.717) is 28.0 Å². The second-order valence-corrected chi connectivity index (χ2v) is 4.94. The predicted molar refractivity (Wildman–Crippen MR) is 79.3 cm³/mol. The smallest absolute Gasteiger partial charge is 0.345 e. The van der Waals surface area contributed by atoms with Crippen molar-refractivity contribution in [1.82, 2.24) is 4.98 Å². The van der Waals surface area contributed by atoms with Gasteiger partial charge in [0.1, 0.15) is 5.75 Å². The zero-order chi connectivity index (χ0) is 15.2. The van der Waals surface area contributed by atoms with E-state index < -0.39 is 11.9 Å². The van der Waals surface area contributed by atoms with Gasteiger partial charge < -0.3 is 9.47 Å². The molecule has 1 aromatic heterocycles. The Morgan fingerprint density at radius 1 is 1.10 bits per heavy atom. The molecule has 0 aliphatic rings. The molecule has 1 aromatic carbocycles. The molecule has 0 saturated carbocycles. The summed E-state index contributed by atoms with van der Waals surface area (Å²) < 4.78 is 10.8. The van der Waals surface area contributed by atoms with Crippen molar-refractivity contribution in [2.45, 2.75) is 6.92 Å². The van der Waals surface area contributed by atoms with Crippen LogP contribution < -0.4 is 4.74 Å². The summed E-state index contributed by atoms with van der Waals surface area (Å²) in [7, 11) is 0. The summed E-state index contributed by atoms with van der Waals surface area (Å²) >= 11 is 3.23. The van der Waals surface area contributed by atoms with Crippen molar-refractivity contribution < 1.29 is 19.1 Å². The number of pyridine rings is 1. The number of aromatic nitrogens is 1. The quantitative estimate of drug-likeness (QED) is 0.626. The van der Waals surface area contributed by atoms with Gasteiger partial charge in [-0.15, -0.1) is 0 Å². The number of esters is 2. The summed E-state index contributed by atoms with van der Waals surface area (Å²) in [6, 6.07) is 7.77. The summed E-state index contributed by atoms with van der Waals surface area (Å²) in [4.78, 5) is 27.3. The molecule has 5 nitrogen and oxygen atoms in total. The van der Waals surface area contributed by atoms with Gasteiger partial charge in [0.25, 0.3) is 0 Å². The topological polar surface area (TPSA) is 65.5 Å². The molecule has 0 fully saturated rings. The minimum atomic E-state index is -0.521. The third kappa shape index (κ3) is 4.13. The van der Waals surface area contributed by atoms with Crippen LogP contribution in [0, 0.1) is 0 Å². The molecule has 0 spiro atoms. The zero-order valence-electron chi connectivity index (χ0n) is 11.2. The molecule has 0 aliphatic carbocycles. The van der Waals surface area contributed by atoms with E-state index >= 15 is 0 Å². The van der Waals surface area contributed by atoms with Crippen LogP contribution in [0.25, 0.3) is 0 Å². The highest BCUT2D eigenvalue weighted by molar-refractivity contribution is 9.10. The maximum absolute atomic E-state index is 11.9. The van der Waals surface area contributed by atoms with E-state index in [1.165, 1.54) is 18.3 Å². The van der Waals surface area contributed by atoms with Crippen LogP contribution >= 0.6 is 15.9 Å². The summed E-state index contributed by atoms with van der Waals surface area (Å²) in [6.07, 6.45) is 2.99. The average molecular weight is 350 g/mol. The largest absolute Gasteiger partial charge is 0.462 e. The number of carbonyl (C=O) groups excluding carboxylic acids is 2. The van der Waals surface area contributed by atoms with Crippen molar-refractivity contribution in [3.63, 3.8) is 0 Å². The van der Waals surface area contributed by atoms with Crippen molar-refractivity contribution in [2.75, 3.05) is 6.61 Å². The van der Waals surface area contributed by atoms with E-state index in [4.69, 9.17) is 9.47 Å². The Kier molecular flexibility index (Phi) is 5.05. The lowest BCUT2D eigenvalue weighted by atomic mass is 10.2. The Morgan fingerprint density at radius 3 is 2.43 bits per heavy atom. The maximum Gasteiger partial charge on any atom is 0.345 e. The lowest BCUT2D eigenvalue weighted by molar-refractivity contribution is 0.0526. The molecule has 0 atom stereocenters. The van der Waals surface area contributed by atoms with Gasteiger partial charge in [0.05, 0.1) is 17.7 Å². The van der Waals surface area contributed by atoms with Gasteiger partial charge in [0.15, 0.2) is 0 Å². The predicted octanol–water partition coefficient (Wildman–Crippen LogP) is 3.24. The Balaban J connectivity index is 2.06. The first-order valence-corrected chi connectivity index (χ1v) is 6.99. The minimum absolute atomic E-state index is 0.311. The van der Waals surface area contributed by atoms with Gasteiger partial charge in [-0.05, 0) is 53.2 Å². The summed E-state index contributed by atoms with van der Waals surface area (Å²) in [5, 5.41) is 0. The lowest BCUT2D eigenvalue weighted by Gasteiger charge is -2.05. The summed E-state index contributed by atoms with van der Waals surface area (Å²) in [6.45, 7) is 2.05. The second kappa shape index (κ2) is 6.99. The van der Waals surface area contributed by atoms with E-state index in [9.17, 15) is 9.59 Å². The molecule has 0 saturated heterocycles. The van der Waals surface area contributed by atoms with Gasteiger partial charge in [-0.3, -0.25) is 4.98 Å². The molecule has 6 heteroatoms. The summed E-state index contributed by atoms with van der Waals surface area (Å²) in [5.41, 5.74) is 0.736. The number of hydrogen-bond donors (Lipinski definition) is 0. The zero-order valence-corrected chi connectivity index (χ0v) is 12.8. The van der Waals surface area contributed by atoms with E-state index in [1.54, 1.807) is 31.3 Å². The molecule has 0 unspecified atom stereocenters. The van der Waals surface area contributed by atoms with Gasteiger partial charge in [-0.2, -0.15) is 0 Å². The van der Waals surface area contributed by atoms with Crippen molar-refractivity contribution in [3.05, 3.63) is 58.3 Å². The number of ether oxygens (including phenoxy) is 2. The fourth-order valence-electron chi connectivity index (χ4n) is 1.56. The van der Waals surface area contributed by atoms with E-state index in [1.807, 2.05) is 0 Å². The molecule has 2 rings (SSSR count). The van der Waals surface area contributed by atoms with E-state index in [0.717, 1.165) is 0 Å². The fraction of sp³-hybridized carbons (Fsp3) is 0.133. The van der Waals surface area contributed by atoms with Crippen molar-refractivity contribution in [3.8, 4) is 5.75 Å². The molecule has 21 heavy (non-hydrogen) atoms. The number of nitrogens with zero attached hydrogens (tertiary/aromatic N) is 1. The Hall–Kier alpha value is -2.21. The SMILES string of the molecule is CCOC(=O)c1ccc(OC(=O)c2cncc(Br)c2)cc1. The molecule has 0 bridgehead atoms. The van der Waals surface area contributed by atoms with Crippen LogP contribution in [0.3, 0.4) is 0 Å². The summed E-state index contributed by atoms with van der Waals surface area (Å²) in [5.74, 6) is -0.590. The van der Waals surface area contributed by atoms with Crippen LogP contribution in [0.4, 0.5) is 0 Å². The monoisotopic (exact) mass is 349 g/mol. The maximum atomic E-state index is 11.9. The Bertz CT molecular complexity index is 655. The highest BCUT2D eigenvalue weighted by atomic mass is 79.9. The molecule has 1 heterocycles. The average Bonchev–Trinajstić information content (AvgIpc) is 2.48. The molecule has 0 amide bonds. The number of hydrogen-bond acceptors (Lipinski definition) is 5. The van der Waals surface area contributed by atoms with Crippen molar-refractivity contribution >= 4 is 27.9 Å². The standard InChI is InChI=1S/C15H12BrNO4/c1-2-20-14(18)10-3-5-13(6-4-10)21-15(19)11-7-12(16)9-17-8-11/h3-9H,2H2,1H3. The third-order valence-electron chi connectivity index (χ3n) is 2.52. The molecule has 0 N–H and O–H groups in total. The van der Waals surface area contributed by atoms with Gasteiger partial charge in [0.2, 0.25) is 0 Å². The van der Waals surface area contributed by atoms with Crippen LogP contribution in [0.5, 0.6) is 5.75 Å². The number of halogens is 1. The van der Waals surface area contributed by atoms with Crippen molar-refractivity contribution in [2.24, 2.45) is 0 Å². The van der Waals surface area contributed by atoms with E-state index in [-0.39, 0.29) is 0 Å². The number of benzene rings is 1. The molecular formula is C15H12BrNO4. The fourth-order valence-corrected chi connectivity index (χ4v) is 1.93. The lowest BCUT2D eigenvalue weighted by Crippen LogP contribution is -2.09. The first-order valence-electron chi connectivity index (χ1n) is 6.20. The molecular weight excluding hydrogens is 338 g/mol. The van der Waals surface area contributed by atoms with Gasteiger partial charge >= 0.3 is 11.9 Å². The first-order chi connectivity index (χ1) is 10.1. The molecule has 0 radical (unpaired) electrons. The highest BCUT2D eigenvalue weighted by Gasteiger charge is 2.11. The highest BCUT2D eigenvalue weighted by Crippen LogP contribution is 2.16. The normalized spacial score (nSPS) is 10.0. The molecule has 108 valence electrons. The van der Waals surface area contributed by atoms with Gasteiger partial charge in [-0.1, -0.05) is 0 Å². The number of rotatable bonds is 4. The van der Waals surface area contributed by atoms with Crippen LogP contribution in [0.15, 0.2) is 47.2 Å². The Morgan fingerprint density at radius 2 is 1.81 bits per heavy atom.